The first-order valence-electron chi connectivity index (χ1n) is 2.71. The van der Waals surface area contributed by atoms with Crippen LogP contribution in [0.2, 0.25) is 0 Å². The van der Waals surface area contributed by atoms with Crippen LogP contribution in [0, 0.1) is 0 Å². The minimum Gasteiger partial charge on any atom is -0.467 e. The van der Waals surface area contributed by atoms with Crippen molar-refractivity contribution in [2.45, 2.75) is 13.0 Å². The summed E-state index contributed by atoms with van der Waals surface area (Å²) in [5.74, 6) is -1.25. The van der Waals surface area contributed by atoms with E-state index in [1.165, 1.54) is 14.0 Å². The molecule has 0 saturated carbocycles. The van der Waals surface area contributed by atoms with Gasteiger partial charge in [0.15, 0.2) is 5.81 Å². The van der Waals surface area contributed by atoms with Gasteiger partial charge >= 0.3 is 5.97 Å². The Kier molecular flexibility index (Phi) is 3.53. The summed E-state index contributed by atoms with van der Waals surface area (Å²) < 4.78 is 4.30. The third-order valence-electron chi connectivity index (χ3n) is 0.914. The standard InChI is InChI=1S/C5H8BNO3/c1-3(4(8)10-2)7-5(6)9/h3H,1-2H3,(H,7,9)/t3-/m0/s1. The molecule has 0 unspecified atom stereocenters. The number of carbonyl (C=O) groups excluding carboxylic acids is 2. The SMILES string of the molecule is [B]C(=O)N[C@@H](C)C(=O)OC. The first-order chi connectivity index (χ1) is 4.57. The lowest BCUT2D eigenvalue weighted by molar-refractivity contribution is -0.142. The molecule has 0 aromatic rings. The van der Waals surface area contributed by atoms with Gasteiger partial charge in [-0.15, -0.1) is 0 Å². The molecular weight excluding hydrogens is 133 g/mol. The van der Waals surface area contributed by atoms with Gasteiger partial charge < -0.3 is 10.1 Å². The number of hydrogen-bond donors (Lipinski definition) is 1. The summed E-state index contributed by atoms with van der Waals surface area (Å²) in [4.78, 5) is 20.7. The topological polar surface area (TPSA) is 55.4 Å². The Morgan fingerprint density at radius 2 is 2.10 bits per heavy atom. The molecule has 0 bridgehead atoms. The minimum absolute atomic E-state index is 0.515. The van der Waals surface area contributed by atoms with Gasteiger partial charge in [-0.2, -0.15) is 0 Å². The lowest BCUT2D eigenvalue weighted by atomic mass is 10.1. The Balaban J connectivity index is 3.72. The van der Waals surface area contributed by atoms with Crippen LogP contribution in [0.3, 0.4) is 0 Å². The van der Waals surface area contributed by atoms with Crippen LogP contribution in [-0.2, 0) is 9.53 Å². The van der Waals surface area contributed by atoms with E-state index < -0.39 is 17.8 Å². The second-order valence-corrected chi connectivity index (χ2v) is 1.75. The molecule has 0 aromatic heterocycles. The van der Waals surface area contributed by atoms with E-state index in [1.807, 2.05) is 0 Å². The zero-order valence-corrected chi connectivity index (χ0v) is 5.88. The molecule has 5 heteroatoms. The molecule has 0 saturated heterocycles. The summed E-state index contributed by atoms with van der Waals surface area (Å²) in [6.45, 7) is 1.48. The molecule has 1 atom stereocenters. The van der Waals surface area contributed by atoms with Gasteiger partial charge in [0.25, 0.3) is 0 Å². The number of methoxy groups -OCH3 is 1. The van der Waals surface area contributed by atoms with E-state index in [4.69, 9.17) is 7.85 Å². The molecule has 0 heterocycles. The molecule has 1 amide bonds. The molecule has 10 heavy (non-hydrogen) atoms. The van der Waals surface area contributed by atoms with Crippen LogP contribution in [0.5, 0.6) is 0 Å². The van der Waals surface area contributed by atoms with Gasteiger partial charge in [-0.25, -0.2) is 4.79 Å². The van der Waals surface area contributed by atoms with E-state index in [-0.39, 0.29) is 0 Å². The molecule has 54 valence electrons. The average molecular weight is 141 g/mol. The zero-order chi connectivity index (χ0) is 8.15. The fourth-order valence-electron chi connectivity index (χ4n) is 0.449. The van der Waals surface area contributed by atoms with Crippen molar-refractivity contribution in [2.24, 2.45) is 0 Å². The van der Waals surface area contributed by atoms with Crippen molar-refractivity contribution in [2.75, 3.05) is 7.11 Å². The third-order valence-corrected chi connectivity index (χ3v) is 0.914. The van der Waals surface area contributed by atoms with Crippen molar-refractivity contribution in [1.82, 2.24) is 5.32 Å². The molecule has 1 N–H and O–H groups in total. The molecule has 0 fully saturated rings. The van der Waals surface area contributed by atoms with Gasteiger partial charge in [-0.1, -0.05) is 0 Å². The minimum atomic E-state index is -0.738. The van der Waals surface area contributed by atoms with Gasteiger partial charge in [0.05, 0.1) is 7.11 Å². The van der Waals surface area contributed by atoms with Crippen molar-refractivity contribution in [3.63, 3.8) is 0 Å². The summed E-state index contributed by atoms with van der Waals surface area (Å²) in [5.41, 5.74) is 0. The number of nitrogens with one attached hydrogen (secondary N) is 1. The predicted molar refractivity (Wildman–Crippen MR) is 35.8 cm³/mol. The highest BCUT2D eigenvalue weighted by molar-refractivity contribution is 6.57. The monoisotopic (exact) mass is 141 g/mol. The van der Waals surface area contributed by atoms with Crippen molar-refractivity contribution >= 4 is 19.6 Å². The van der Waals surface area contributed by atoms with E-state index in [9.17, 15) is 9.59 Å². The van der Waals surface area contributed by atoms with Crippen molar-refractivity contribution in [1.29, 1.82) is 0 Å². The van der Waals surface area contributed by atoms with Crippen molar-refractivity contribution < 1.29 is 14.3 Å². The molecule has 0 aromatic carbocycles. The van der Waals surface area contributed by atoms with Gasteiger partial charge in [-0.3, -0.25) is 4.79 Å². The Labute approximate surface area is 60.3 Å². The van der Waals surface area contributed by atoms with Crippen molar-refractivity contribution in [3.8, 4) is 0 Å². The van der Waals surface area contributed by atoms with E-state index in [0.29, 0.717) is 0 Å². The summed E-state index contributed by atoms with van der Waals surface area (Å²) in [6.07, 6.45) is 0. The highest BCUT2D eigenvalue weighted by Gasteiger charge is 2.12. The van der Waals surface area contributed by atoms with Crippen LogP contribution < -0.4 is 5.32 Å². The summed E-state index contributed by atoms with van der Waals surface area (Å²) in [5, 5.41) is 2.16. The van der Waals surface area contributed by atoms with Crippen LogP contribution in [0.4, 0.5) is 4.79 Å². The number of hydrogen-bond acceptors (Lipinski definition) is 3. The number of carbonyl (C=O) groups is 2. The third kappa shape index (κ3) is 3.12. The summed E-state index contributed by atoms with van der Waals surface area (Å²) >= 11 is 0. The zero-order valence-electron chi connectivity index (χ0n) is 5.88. The Morgan fingerprint density at radius 3 is 2.40 bits per heavy atom. The van der Waals surface area contributed by atoms with Gasteiger partial charge in [0.2, 0.25) is 7.85 Å². The Morgan fingerprint density at radius 1 is 1.60 bits per heavy atom. The fourth-order valence-corrected chi connectivity index (χ4v) is 0.449. The second-order valence-electron chi connectivity index (χ2n) is 1.75. The normalized spacial score (nSPS) is 11.8. The molecule has 2 radical (unpaired) electrons. The molecular formula is C5H8BNO3. The first-order valence-corrected chi connectivity index (χ1v) is 2.71. The fraction of sp³-hybridized carbons (Fsp3) is 0.600. The lowest BCUT2D eigenvalue weighted by Crippen LogP contribution is -2.38. The molecule has 0 aliphatic carbocycles. The average Bonchev–Trinajstić information content (AvgIpc) is 1.85. The number of esters is 1. The van der Waals surface area contributed by atoms with Crippen molar-refractivity contribution in [3.05, 3.63) is 0 Å². The number of rotatable bonds is 2. The van der Waals surface area contributed by atoms with Gasteiger partial charge in [-0.05, 0) is 6.92 Å². The Bertz CT molecular complexity index is 148. The molecule has 0 spiro atoms. The van der Waals surface area contributed by atoms with Crippen LogP contribution in [0.1, 0.15) is 6.92 Å². The highest BCUT2D eigenvalue weighted by Crippen LogP contribution is 1.83. The van der Waals surface area contributed by atoms with E-state index >= 15 is 0 Å². The van der Waals surface area contributed by atoms with E-state index in [1.54, 1.807) is 0 Å². The summed E-state index contributed by atoms with van der Waals surface area (Å²) in [7, 11) is 5.97. The predicted octanol–water partition coefficient (Wildman–Crippen LogP) is -0.574. The number of ether oxygens (including phenoxy) is 1. The number of amides is 1. The molecule has 0 aliphatic rings. The maximum Gasteiger partial charge on any atom is 0.328 e. The smallest absolute Gasteiger partial charge is 0.328 e. The first kappa shape index (κ1) is 9.00. The maximum absolute atomic E-state index is 10.6. The van der Waals surface area contributed by atoms with Crippen LogP contribution in [0.15, 0.2) is 0 Å². The van der Waals surface area contributed by atoms with Crippen LogP contribution in [-0.4, -0.2) is 32.8 Å². The molecule has 0 aliphatic heterocycles. The van der Waals surface area contributed by atoms with Crippen LogP contribution in [0.25, 0.3) is 0 Å². The van der Waals surface area contributed by atoms with E-state index in [0.717, 1.165) is 0 Å². The van der Waals surface area contributed by atoms with Gasteiger partial charge in [0.1, 0.15) is 6.04 Å². The lowest BCUT2D eigenvalue weighted by Gasteiger charge is -2.08. The quantitative estimate of drug-likeness (QED) is 0.413. The molecule has 4 nitrogen and oxygen atoms in total. The molecule has 0 rings (SSSR count). The van der Waals surface area contributed by atoms with Crippen LogP contribution >= 0.6 is 0 Å². The largest absolute Gasteiger partial charge is 0.467 e. The summed E-state index contributed by atoms with van der Waals surface area (Å²) in [6, 6.07) is -0.678. The highest BCUT2D eigenvalue weighted by atomic mass is 16.5. The Hall–Kier alpha value is -0.995. The van der Waals surface area contributed by atoms with E-state index in [2.05, 4.69) is 10.1 Å². The maximum atomic E-state index is 10.6. The van der Waals surface area contributed by atoms with Gasteiger partial charge in [0, 0.05) is 0 Å². The second kappa shape index (κ2) is 3.92.